The monoisotopic (exact) mass is 353 g/mol. The van der Waals surface area contributed by atoms with Crippen LogP contribution in [-0.4, -0.2) is 4.98 Å². The van der Waals surface area contributed by atoms with Crippen molar-refractivity contribution >= 4 is 31.9 Å². The Hall–Kier alpha value is -0.670. The molecule has 0 bridgehead atoms. The topological polar surface area (TPSA) is 12.9 Å². The predicted octanol–water partition coefficient (Wildman–Crippen LogP) is 4.91. The van der Waals surface area contributed by atoms with Crippen molar-refractivity contribution in [2.24, 2.45) is 0 Å². The van der Waals surface area contributed by atoms with Crippen molar-refractivity contribution < 1.29 is 0 Å². The third-order valence-electron chi connectivity index (χ3n) is 2.61. The number of aryl methyl sites for hydroxylation is 1. The fourth-order valence-corrected chi connectivity index (χ4v) is 2.66. The summed E-state index contributed by atoms with van der Waals surface area (Å²) in [4.78, 5) is 4.58. The maximum Gasteiger partial charge on any atom is 0.0410 e. The number of benzene rings is 1. The highest BCUT2D eigenvalue weighted by molar-refractivity contribution is 9.10. The van der Waals surface area contributed by atoms with Crippen LogP contribution < -0.4 is 0 Å². The van der Waals surface area contributed by atoms with E-state index in [9.17, 15) is 0 Å². The minimum Gasteiger partial charge on any atom is -0.263 e. The average Bonchev–Trinajstić information content (AvgIpc) is 2.37. The summed E-state index contributed by atoms with van der Waals surface area (Å²) >= 11 is 7.17. The zero-order valence-corrected chi connectivity index (χ0v) is 12.5. The zero-order chi connectivity index (χ0) is 12.1. The number of alkyl halides is 1. The minimum absolute atomic E-state index is 0.405. The van der Waals surface area contributed by atoms with Crippen molar-refractivity contribution in [1.82, 2.24) is 4.98 Å². The van der Waals surface area contributed by atoms with Gasteiger partial charge in [0.1, 0.15) is 0 Å². The van der Waals surface area contributed by atoms with E-state index < -0.39 is 0 Å². The van der Waals surface area contributed by atoms with Gasteiger partial charge in [-0.05, 0) is 46.0 Å². The molecule has 2 aromatic rings. The summed E-state index contributed by atoms with van der Waals surface area (Å²) in [5, 5.41) is 0. The molecule has 0 saturated carbocycles. The van der Waals surface area contributed by atoms with Crippen molar-refractivity contribution in [2.45, 2.75) is 17.7 Å². The van der Waals surface area contributed by atoms with Gasteiger partial charge in [0, 0.05) is 21.7 Å². The third-order valence-corrected chi connectivity index (χ3v) is 4.03. The highest BCUT2D eigenvalue weighted by Crippen LogP contribution is 2.27. The Bertz CT molecular complexity index is 471. The molecule has 1 unspecified atom stereocenters. The highest BCUT2D eigenvalue weighted by Gasteiger charge is 2.07. The fraction of sp³-hybridized carbons (Fsp3) is 0.214. The quantitative estimate of drug-likeness (QED) is 0.710. The molecule has 0 aliphatic heterocycles. The summed E-state index contributed by atoms with van der Waals surface area (Å²) < 4.78 is 1.04. The smallest absolute Gasteiger partial charge is 0.0410 e. The largest absolute Gasteiger partial charge is 0.263 e. The van der Waals surface area contributed by atoms with Crippen molar-refractivity contribution in [3.05, 3.63) is 64.4 Å². The molecule has 2 rings (SSSR count). The van der Waals surface area contributed by atoms with Gasteiger partial charge in [0.15, 0.2) is 0 Å². The Labute approximate surface area is 119 Å². The first-order valence-corrected chi connectivity index (χ1v) is 7.25. The molecule has 0 radical (unpaired) electrons. The number of hydrogen-bond donors (Lipinski definition) is 0. The Morgan fingerprint density at radius 3 is 2.59 bits per heavy atom. The van der Waals surface area contributed by atoms with Gasteiger partial charge >= 0.3 is 0 Å². The summed E-state index contributed by atoms with van der Waals surface area (Å²) in [5.41, 5.74) is 2.59. The fourth-order valence-electron chi connectivity index (χ4n) is 1.71. The number of rotatable bonds is 4. The lowest BCUT2D eigenvalue weighted by atomic mass is 10.1. The lowest BCUT2D eigenvalue weighted by Crippen LogP contribution is -1.94. The van der Waals surface area contributed by atoms with E-state index in [2.05, 4.69) is 67.2 Å². The van der Waals surface area contributed by atoms with Gasteiger partial charge in [-0.1, -0.05) is 46.3 Å². The molecule has 0 aliphatic rings. The predicted molar refractivity (Wildman–Crippen MR) is 78.4 cm³/mol. The number of pyridine rings is 1. The molecule has 0 aliphatic carbocycles. The Balaban J connectivity index is 1.95. The normalized spacial score (nSPS) is 12.4. The Morgan fingerprint density at radius 2 is 1.88 bits per heavy atom. The van der Waals surface area contributed by atoms with Gasteiger partial charge in [0.25, 0.3) is 0 Å². The SMILES string of the molecule is Brc1cncc(CCC(Br)c2ccccc2)c1. The summed E-state index contributed by atoms with van der Waals surface area (Å²) in [6.07, 6.45) is 5.83. The minimum atomic E-state index is 0.405. The molecular formula is C14H13Br2N. The van der Waals surface area contributed by atoms with Gasteiger partial charge in [0.05, 0.1) is 0 Å². The van der Waals surface area contributed by atoms with Crippen LogP contribution in [0.1, 0.15) is 22.4 Å². The van der Waals surface area contributed by atoms with Crippen LogP contribution in [-0.2, 0) is 6.42 Å². The van der Waals surface area contributed by atoms with Gasteiger partial charge in [-0.15, -0.1) is 0 Å². The van der Waals surface area contributed by atoms with Crippen LogP contribution in [0.15, 0.2) is 53.3 Å². The van der Waals surface area contributed by atoms with E-state index in [4.69, 9.17) is 0 Å². The average molecular weight is 355 g/mol. The molecule has 1 nitrogen and oxygen atoms in total. The van der Waals surface area contributed by atoms with E-state index in [1.807, 2.05) is 18.5 Å². The van der Waals surface area contributed by atoms with Crippen molar-refractivity contribution in [3.63, 3.8) is 0 Å². The van der Waals surface area contributed by atoms with Crippen LogP contribution in [0.2, 0.25) is 0 Å². The molecule has 3 heteroatoms. The van der Waals surface area contributed by atoms with E-state index >= 15 is 0 Å². The maximum absolute atomic E-state index is 4.17. The second-order valence-electron chi connectivity index (χ2n) is 3.93. The van der Waals surface area contributed by atoms with Crippen molar-refractivity contribution in [2.75, 3.05) is 0 Å². The first kappa shape index (κ1) is 12.8. The van der Waals surface area contributed by atoms with E-state index in [1.54, 1.807) is 0 Å². The second kappa shape index (κ2) is 6.31. The van der Waals surface area contributed by atoms with Crippen LogP contribution in [0.25, 0.3) is 0 Å². The van der Waals surface area contributed by atoms with Crippen LogP contribution >= 0.6 is 31.9 Å². The lowest BCUT2D eigenvalue weighted by Gasteiger charge is -2.09. The van der Waals surface area contributed by atoms with Crippen LogP contribution in [0.5, 0.6) is 0 Å². The van der Waals surface area contributed by atoms with Crippen LogP contribution in [0, 0.1) is 0 Å². The van der Waals surface area contributed by atoms with Gasteiger partial charge in [0.2, 0.25) is 0 Å². The molecule has 0 N–H and O–H groups in total. The van der Waals surface area contributed by atoms with Crippen molar-refractivity contribution in [1.29, 1.82) is 0 Å². The summed E-state index contributed by atoms with van der Waals surface area (Å²) in [6, 6.07) is 12.6. The molecule has 1 aromatic carbocycles. The van der Waals surface area contributed by atoms with Gasteiger partial charge in [-0.3, -0.25) is 4.98 Å². The van der Waals surface area contributed by atoms with Crippen molar-refractivity contribution in [3.8, 4) is 0 Å². The van der Waals surface area contributed by atoms with E-state index in [0.29, 0.717) is 4.83 Å². The number of halogens is 2. The van der Waals surface area contributed by atoms with Gasteiger partial charge < -0.3 is 0 Å². The molecular weight excluding hydrogens is 342 g/mol. The number of nitrogens with zero attached hydrogens (tertiary/aromatic N) is 1. The summed E-state index contributed by atoms with van der Waals surface area (Å²) in [6.45, 7) is 0. The molecule has 0 saturated heterocycles. The molecule has 17 heavy (non-hydrogen) atoms. The molecule has 1 atom stereocenters. The van der Waals surface area contributed by atoms with E-state index in [0.717, 1.165) is 17.3 Å². The molecule has 1 aromatic heterocycles. The molecule has 0 fully saturated rings. The first-order chi connectivity index (χ1) is 8.25. The third kappa shape index (κ3) is 3.93. The second-order valence-corrected chi connectivity index (χ2v) is 5.95. The molecule has 1 heterocycles. The molecule has 0 spiro atoms. The number of aromatic nitrogens is 1. The van der Waals surface area contributed by atoms with Gasteiger partial charge in [-0.2, -0.15) is 0 Å². The van der Waals surface area contributed by atoms with Crippen LogP contribution in [0.4, 0.5) is 0 Å². The Kier molecular flexibility index (Phi) is 4.75. The van der Waals surface area contributed by atoms with E-state index in [1.165, 1.54) is 11.1 Å². The van der Waals surface area contributed by atoms with E-state index in [-0.39, 0.29) is 0 Å². The lowest BCUT2D eigenvalue weighted by molar-refractivity contribution is 0.809. The first-order valence-electron chi connectivity index (χ1n) is 5.54. The standard InChI is InChI=1S/C14H13Br2N/c15-13-8-11(9-17-10-13)6-7-14(16)12-4-2-1-3-5-12/h1-5,8-10,14H,6-7H2. The summed E-state index contributed by atoms with van der Waals surface area (Å²) in [7, 11) is 0. The zero-order valence-electron chi connectivity index (χ0n) is 9.31. The maximum atomic E-state index is 4.17. The number of hydrogen-bond acceptors (Lipinski definition) is 1. The highest BCUT2D eigenvalue weighted by atomic mass is 79.9. The Morgan fingerprint density at radius 1 is 1.12 bits per heavy atom. The molecule has 0 amide bonds. The summed E-state index contributed by atoms with van der Waals surface area (Å²) in [5.74, 6) is 0. The molecule has 88 valence electrons. The van der Waals surface area contributed by atoms with Gasteiger partial charge in [-0.25, -0.2) is 0 Å². The van der Waals surface area contributed by atoms with Crippen LogP contribution in [0.3, 0.4) is 0 Å².